The molecule has 8 nitrogen and oxygen atoms in total. The number of benzene rings is 5. The molecule has 42 heavy (non-hydrogen) atoms. The maximum atomic E-state index is 12.9. The lowest BCUT2D eigenvalue weighted by molar-refractivity contribution is -0.118. The largest absolute Gasteiger partial charge is 0.493 e. The number of hydrogen-bond donors (Lipinski definition) is 1. The van der Waals surface area contributed by atoms with Crippen molar-refractivity contribution in [1.82, 2.24) is 20.2 Å². The molecule has 0 radical (unpaired) electrons. The molecule has 1 heterocycles. The van der Waals surface area contributed by atoms with Gasteiger partial charge in [0.25, 0.3) is 5.91 Å². The van der Waals surface area contributed by atoms with Crippen LogP contribution in [-0.4, -0.2) is 46.9 Å². The van der Waals surface area contributed by atoms with Gasteiger partial charge in [-0.25, -0.2) is 5.43 Å². The van der Waals surface area contributed by atoms with Crippen molar-refractivity contribution >= 4 is 45.4 Å². The standard InChI is InChI=1S/C33H27N5O3S/c1-40-29-17-16-24(19-30(29)41-2)32-36-37-33(38(32)25-12-4-3-5-13-25)42-21-31(39)35-34-20-28-26-14-8-6-10-22(26)18-23-11-7-9-15-27(23)28/h3-20H,21H2,1-2H3,(H,35,39). The quantitative estimate of drug-likeness (QED) is 0.0919. The fraction of sp³-hybridized carbons (Fsp3) is 0.0909. The van der Waals surface area contributed by atoms with Gasteiger partial charge in [-0.1, -0.05) is 78.5 Å². The molecule has 0 aliphatic rings. The van der Waals surface area contributed by atoms with Crippen LogP contribution in [0.1, 0.15) is 5.56 Å². The zero-order chi connectivity index (χ0) is 28.9. The van der Waals surface area contributed by atoms with Gasteiger partial charge in [0.1, 0.15) is 0 Å². The van der Waals surface area contributed by atoms with Gasteiger partial charge in [-0.2, -0.15) is 5.10 Å². The lowest BCUT2D eigenvalue weighted by Gasteiger charge is -2.12. The highest BCUT2D eigenvalue weighted by atomic mass is 32.2. The van der Waals surface area contributed by atoms with E-state index in [0.717, 1.165) is 38.4 Å². The maximum absolute atomic E-state index is 12.9. The molecule has 9 heteroatoms. The minimum absolute atomic E-state index is 0.102. The second kappa shape index (κ2) is 12.2. The number of hydrogen-bond acceptors (Lipinski definition) is 7. The summed E-state index contributed by atoms with van der Waals surface area (Å²) in [6, 6.07) is 33.8. The second-order valence-electron chi connectivity index (χ2n) is 9.36. The van der Waals surface area contributed by atoms with Crippen LogP contribution < -0.4 is 14.9 Å². The molecule has 0 spiro atoms. The van der Waals surface area contributed by atoms with Gasteiger partial charge >= 0.3 is 0 Å². The number of ether oxygens (including phenoxy) is 2. The molecular formula is C33H27N5O3S. The number of nitrogens with one attached hydrogen (secondary N) is 1. The highest BCUT2D eigenvalue weighted by Crippen LogP contribution is 2.34. The molecule has 0 saturated heterocycles. The van der Waals surface area contributed by atoms with Crippen molar-refractivity contribution in [3.63, 3.8) is 0 Å². The first kappa shape index (κ1) is 27.0. The van der Waals surface area contributed by atoms with E-state index in [2.05, 4.69) is 51.1 Å². The Morgan fingerprint density at radius 2 is 1.50 bits per heavy atom. The average Bonchev–Trinajstić information content (AvgIpc) is 3.47. The number of carbonyl (C=O) groups is 1. The molecule has 5 aromatic carbocycles. The van der Waals surface area contributed by atoms with E-state index in [-0.39, 0.29) is 11.7 Å². The molecule has 1 N–H and O–H groups in total. The summed E-state index contributed by atoms with van der Waals surface area (Å²) < 4.78 is 12.8. The number of rotatable bonds is 9. The predicted octanol–water partition coefficient (Wildman–Crippen LogP) is 6.50. The third-order valence-corrected chi connectivity index (χ3v) is 7.75. The first-order chi connectivity index (χ1) is 20.7. The van der Waals surface area contributed by atoms with E-state index in [4.69, 9.17) is 9.47 Å². The van der Waals surface area contributed by atoms with Gasteiger partial charge in [0, 0.05) is 16.8 Å². The molecule has 1 amide bonds. The minimum atomic E-state index is -0.254. The highest BCUT2D eigenvalue weighted by Gasteiger charge is 2.19. The number of nitrogens with zero attached hydrogens (tertiary/aromatic N) is 4. The van der Waals surface area contributed by atoms with Gasteiger partial charge in [-0.3, -0.25) is 9.36 Å². The number of carbonyl (C=O) groups excluding carboxylic acids is 1. The van der Waals surface area contributed by atoms with Crippen molar-refractivity contribution in [2.75, 3.05) is 20.0 Å². The molecule has 208 valence electrons. The summed E-state index contributed by atoms with van der Waals surface area (Å²) in [5, 5.41) is 18.2. The number of aromatic nitrogens is 3. The third-order valence-electron chi connectivity index (χ3n) is 6.82. The number of methoxy groups -OCH3 is 2. The topological polar surface area (TPSA) is 90.6 Å². The first-order valence-electron chi connectivity index (χ1n) is 13.2. The zero-order valence-electron chi connectivity index (χ0n) is 23.0. The fourth-order valence-electron chi connectivity index (χ4n) is 4.85. The van der Waals surface area contributed by atoms with Crippen LogP contribution in [0.5, 0.6) is 11.5 Å². The van der Waals surface area contributed by atoms with E-state index in [0.29, 0.717) is 22.5 Å². The van der Waals surface area contributed by atoms with E-state index >= 15 is 0 Å². The van der Waals surface area contributed by atoms with Crippen LogP contribution >= 0.6 is 11.8 Å². The molecule has 1 aromatic heterocycles. The normalized spacial score (nSPS) is 11.3. The van der Waals surface area contributed by atoms with Crippen LogP contribution in [0.4, 0.5) is 0 Å². The number of amides is 1. The van der Waals surface area contributed by atoms with E-state index in [1.807, 2.05) is 77.4 Å². The second-order valence-corrected chi connectivity index (χ2v) is 10.3. The number of fused-ring (bicyclic) bond motifs is 2. The molecule has 0 aliphatic carbocycles. The number of thioether (sulfide) groups is 1. The van der Waals surface area contributed by atoms with Crippen molar-refractivity contribution in [3.8, 4) is 28.6 Å². The number of para-hydroxylation sites is 1. The lowest BCUT2D eigenvalue weighted by Crippen LogP contribution is -2.20. The minimum Gasteiger partial charge on any atom is -0.493 e. The zero-order valence-corrected chi connectivity index (χ0v) is 23.8. The summed E-state index contributed by atoms with van der Waals surface area (Å²) in [5.74, 6) is 1.67. The Balaban J connectivity index is 1.23. The molecule has 0 unspecified atom stereocenters. The maximum Gasteiger partial charge on any atom is 0.250 e. The van der Waals surface area contributed by atoms with Crippen LogP contribution in [0.25, 0.3) is 38.6 Å². The third kappa shape index (κ3) is 5.42. The highest BCUT2D eigenvalue weighted by molar-refractivity contribution is 7.99. The molecule has 6 aromatic rings. The molecule has 0 bridgehead atoms. The summed E-state index contributed by atoms with van der Waals surface area (Å²) in [6.45, 7) is 0. The Morgan fingerprint density at radius 3 is 2.19 bits per heavy atom. The van der Waals surface area contributed by atoms with Gasteiger partial charge in [0.15, 0.2) is 22.5 Å². The van der Waals surface area contributed by atoms with E-state index in [1.54, 1.807) is 20.4 Å². The molecule has 6 rings (SSSR count). The van der Waals surface area contributed by atoms with E-state index in [9.17, 15) is 4.79 Å². The van der Waals surface area contributed by atoms with E-state index < -0.39 is 0 Å². The Kier molecular flexibility index (Phi) is 7.83. The lowest BCUT2D eigenvalue weighted by atomic mass is 9.97. The van der Waals surface area contributed by atoms with Crippen LogP contribution in [0.2, 0.25) is 0 Å². The average molecular weight is 574 g/mol. The molecule has 0 saturated carbocycles. The van der Waals surface area contributed by atoms with E-state index in [1.165, 1.54) is 11.8 Å². The smallest absolute Gasteiger partial charge is 0.250 e. The van der Waals surface area contributed by atoms with Gasteiger partial charge in [-0.05, 0) is 57.9 Å². The summed E-state index contributed by atoms with van der Waals surface area (Å²) in [5.41, 5.74) is 5.31. The molecule has 0 fully saturated rings. The molecular weight excluding hydrogens is 546 g/mol. The Labute approximate surface area is 247 Å². The van der Waals surface area contributed by atoms with Gasteiger partial charge in [0.2, 0.25) is 0 Å². The predicted molar refractivity (Wildman–Crippen MR) is 168 cm³/mol. The van der Waals surface area contributed by atoms with Crippen LogP contribution in [0.15, 0.2) is 113 Å². The number of hydrazone groups is 1. The fourth-order valence-corrected chi connectivity index (χ4v) is 5.60. The van der Waals surface area contributed by atoms with Gasteiger partial charge in [0.05, 0.1) is 26.2 Å². The molecule has 0 aliphatic heterocycles. The summed E-state index contributed by atoms with van der Waals surface area (Å²) in [4.78, 5) is 12.9. The Hall–Kier alpha value is -5.15. The van der Waals surface area contributed by atoms with Crippen molar-refractivity contribution in [2.24, 2.45) is 5.10 Å². The SMILES string of the molecule is COc1ccc(-c2nnc(SCC(=O)NN=Cc3c4ccccc4cc4ccccc34)n2-c2ccccc2)cc1OC. The summed E-state index contributed by atoms with van der Waals surface area (Å²) in [7, 11) is 3.19. The Bertz CT molecular complexity index is 1870. The van der Waals surface area contributed by atoms with Crippen LogP contribution in [0.3, 0.4) is 0 Å². The van der Waals surface area contributed by atoms with Crippen molar-refractivity contribution in [2.45, 2.75) is 5.16 Å². The summed E-state index contributed by atoms with van der Waals surface area (Å²) in [6.07, 6.45) is 1.72. The monoisotopic (exact) mass is 573 g/mol. The first-order valence-corrected chi connectivity index (χ1v) is 14.2. The molecule has 0 atom stereocenters. The van der Waals surface area contributed by atoms with Crippen LogP contribution in [-0.2, 0) is 4.79 Å². The van der Waals surface area contributed by atoms with Gasteiger partial charge < -0.3 is 9.47 Å². The van der Waals surface area contributed by atoms with Gasteiger partial charge in [-0.15, -0.1) is 10.2 Å². The van der Waals surface area contributed by atoms with Crippen molar-refractivity contribution in [3.05, 3.63) is 109 Å². The van der Waals surface area contributed by atoms with Crippen LogP contribution in [0, 0.1) is 0 Å². The Morgan fingerprint density at radius 1 is 0.833 bits per heavy atom. The van der Waals surface area contributed by atoms with Crippen molar-refractivity contribution < 1.29 is 14.3 Å². The summed E-state index contributed by atoms with van der Waals surface area (Å²) >= 11 is 1.28. The van der Waals surface area contributed by atoms with Crippen molar-refractivity contribution in [1.29, 1.82) is 0 Å².